The summed E-state index contributed by atoms with van der Waals surface area (Å²) in [5, 5.41) is 0. The van der Waals surface area contributed by atoms with Crippen molar-refractivity contribution >= 4 is 27.3 Å². The van der Waals surface area contributed by atoms with Crippen LogP contribution in [0.3, 0.4) is 0 Å². The maximum absolute atomic E-state index is 12.7. The molecule has 2 aromatic carbocycles. The summed E-state index contributed by atoms with van der Waals surface area (Å²) in [7, 11) is -2.18. The lowest BCUT2D eigenvalue weighted by atomic mass is 10.1. The van der Waals surface area contributed by atoms with Gasteiger partial charge in [0.2, 0.25) is 5.91 Å². The van der Waals surface area contributed by atoms with Gasteiger partial charge in [0.15, 0.2) is 0 Å². The fourth-order valence-electron chi connectivity index (χ4n) is 3.14. The molecule has 6 nitrogen and oxygen atoms in total. The second-order valence-corrected chi connectivity index (χ2v) is 8.17. The average Bonchev–Trinajstić information content (AvgIpc) is 2.68. The van der Waals surface area contributed by atoms with Gasteiger partial charge in [0.25, 0.3) is 10.0 Å². The van der Waals surface area contributed by atoms with Gasteiger partial charge in [-0.25, -0.2) is 8.42 Å². The Morgan fingerprint density at radius 3 is 2.48 bits per heavy atom. The van der Waals surface area contributed by atoms with Crippen molar-refractivity contribution in [3.05, 3.63) is 48.0 Å². The predicted molar refractivity (Wildman–Crippen MR) is 106 cm³/mol. The number of amides is 1. The number of carbonyl (C=O) groups is 1. The van der Waals surface area contributed by atoms with E-state index in [4.69, 9.17) is 4.74 Å². The lowest BCUT2D eigenvalue weighted by molar-refractivity contribution is -0.119. The summed E-state index contributed by atoms with van der Waals surface area (Å²) in [5.41, 5.74) is 2.05. The number of nitrogens with zero attached hydrogens (tertiary/aromatic N) is 1. The molecule has 27 heavy (non-hydrogen) atoms. The Kier molecular flexibility index (Phi) is 5.70. The van der Waals surface area contributed by atoms with E-state index in [9.17, 15) is 13.2 Å². The van der Waals surface area contributed by atoms with Crippen LogP contribution in [-0.2, 0) is 21.2 Å². The summed E-state index contributed by atoms with van der Waals surface area (Å²) >= 11 is 0. The minimum Gasteiger partial charge on any atom is -0.495 e. The highest BCUT2D eigenvalue weighted by molar-refractivity contribution is 7.92. The molecule has 0 aromatic heterocycles. The van der Waals surface area contributed by atoms with Gasteiger partial charge in [-0.2, -0.15) is 0 Å². The van der Waals surface area contributed by atoms with E-state index in [0.29, 0.717) is 30.1 Å². The number of aryl methyl sites for hydroxylation is 1. The Hall–Kier alpha value is -2.54. The molecule has 1 saturated heterocycles. The van der Waals surface area contributed by atoms with Crippen LogP contribution in [0.15, 0.2) is 47.4 Å². The zero-order valence-electron chi connectivity index (χ0n) is 15.6. The van der Waals surface area contributed by atoms with Gasteiger partial charge >= 0.3 is 0 Å². The average molecular weight is 388 g/mol. The molecule has 0 unspecified atom stereocenters. The van der Waals surface area contributed by atoms with Gasteiger partial charge in [-0.1, -0.05) is 19.1 Å². The second-order valence-electron chi connectivity index (χ2n) is 6.49. The quantitative estimate of drug-likeness (QED) is 0.821. The Bertz CT molecular complexity index is 923. The van der Waals surface area contributed by atoms with Crippen LogP contribution >= 0.6 is 0 Å². The molecule has 0 atom stereocenters. The number of hydrogen-bond donors (Lipinski definition) is 1. The first-order chi connectivity index (χ1) is 12.9. The summed E-state index contributed by atoms with van der Waals surface area (Å²) in [6.45, 7) is 2.62. The third-order valence-corrected chi connectivity index (χ3v) is 6.08. The molecule has 0 saturated carbocycles. The van der Waals surface area contributed by atoms with E-state index in [-0.39, 0.29) is 10.8 Å². The minimum absolute atomic E-state index is 0.0229. The normalized spacial score (nSPS) is 14.9. The zero-order valence-corrected chi connectivity index (χ0v) is 16.4. The molecule has 7 heteroatoms. The molecule has 1 aliphatic heterocycles. The maximum Gasteiger partial charge on any atom is 0.261 e. The summed E-state index contributed by atoms with van der Waals surface area (Å²) in [5.74, 6) is 0.565. The molecule has 1 heterocycles. The maximum atomic E-state index is 12.7. The van der Waals surface area contributed by atoms with Gasteiger partial charge in [-0.15, -0.1) is 0 Å². The standard InChI is InChI=1S/C20H24N2O4S/c1-3-15-7-10-17(11-8-15)27(24,25)21-16-9-12-19(26-2)18(14-16)22-13-5-4-6-20(22)23/h7-12,14,21H,3-6,13H2,1-2H3. The van der Waals surface area contributed by atoms with Gasteiger partial charge < -0.3 is 9.64 Å². The van der Waals surface area contributed by atoms with Crippen molar-refractivity contribution in [3.63, 3.8) is 0 Å². The molecule has 2 aromatic rings. The monoisotopic (exact) mass is 388 g/mol. The van der Waals surface area contributed by atoms with Crippen molar-refractivity contribution < 1.29 is 17.9 Å². The van der Waals surface area contributed by atoms with Crippen molar-refractivity contribution in [2.24, 2.45) is 0 Å². The molecule has 1 N–H and O–H groups in total. The summed E-state index contributed by atoms with van der Waals surface area (Å²) in [6.07, 6.45) is 3.12. The zero-order chi connectivity index (χ0) is 19.4. The highest BCUT2D eigenvalue weighted by atomic mass is 32.2. The molecule has 1 fully saturated rings. The van der Waals surface area contributed by atoms with Crippen LogP contribution in [0.25, 0.3) is 0 Å². The van der Waals surface area contributed by atoms with Crippen LogP contribution in [0.4, 0.5) is 11.4 Å². The van der Waals surface area contributed by atoms with E-state index in [0.717, 1.165) is 24.8 Å². The molecule has 144 valence electrons. The first kappa shape index (κ1) is 19.2. The third-order valence-electron chi connectivity index (χ3n) is 4.69. The molecule has 1 amide bonds. The molecule has 1 aliphatic rings. The first-order valence-electron chi connectivity index (χ1n) is 9.05. The van der Waals surface area contributed by atoms with Crippen molar-refractivity contribution in [1.82, 2.24) is 0 Å². The minimum atomic E-state index is -3.71. The lowest BCUT2D eigenvalue weighted by Gasteiger charge is -2.28. The largest absolute Gasteiger partial charge is 0.495 e. The molecule has 0 bridgehead atoms. The van der Waals surface area contributed by atoms with Gasteiger partial charge in [0.05, 0.1) is 23.4 Å². The molecule has 0 aliphatic carbocycles. The third kappa shape index (κ3) is 4.24. The van der Waals surface area contributed by atoms with Gasteiger partial charge in [0, 0.05) is 13.0 Å². The number of anilines is 2. The van der Waals surface area contributed by atoms with E-state index < -0.39 is 10.0 Å². The Morgan fingerprint density at radius 1 is 1.11 bits per heavy atom. The van der Waals surface area contributed by atoms with E-state index in [1.54, 1.807) is 47.4 Å². The van der Waals surface area contributed by atoms with Crippen molar-refractivity contribution in [1.29, 1.82) is 0 Å². The molecule has 0 radical (unpaired) electrons. The van der Waals surface area contributed by atoms with Crippen LogP contribution in [0, 0.1) is 0 Å². The topological polar surface area (TPSA) is 75.7 Å². The fourth-order valence-corrected chi connectivity index (χ4v) is 4.19. The summed E-state index contributed by atoms with van der Waals surface area (Å²) in [4.78, 5) is 14.1. The number of ether oxygens (including phenoxy) is 1. The molecule has 3 rings (SSSR count). The van der Waals surface area contributed by atoms with Crippen molar-refractivity contribution in [2.45, 2.75) is 37.5 Å². The molecule has 0 spiro atoms. The number of hydrogen-bond acceptors (Lipinski definition) is 4. The summed E-state index contributed by atoms with van der Waals surface area (Å²) < 4.78 is 33.3. The van der Waals surface area contributed by atoms with Crippen LogP contribution in [-0.4, -0.2) is 28.0 Å². The second kappa shape index (κ2) is 8.00. The highest BCUT2D eigenvalue weighted by Gasteiger charge is 2.23. The number of benzene rings is 2. The SMILES string of the molecule is CCc1ccc(S(=O)(=O)Nc2ccc(OC)c(N3CCCCC3=O)c2)cc1. The number of sulfonamides is 1. The van der Waals surface area contributed by atoms with Crippen LogP contribution in [0.2, 0.25) is 0 Å². The first-order valence-corrected chi connectivity index (χ1v) is 10.5. The van der Waals surface area contributed by atoms with Gasteiger partial charge in [0.1, 0.15) is 5.75 Å². The molecular formula is C20H24N2O4S. The fraction of sp³-hybridized carbons (Fsp3) is 0.350. The van der Waals surface area contributed by atoms with Crippen LogP contribution in [0.1, 0.15) is 31.7 Å². The van der Waals surface area contributed by atoms with Crippen molar-refractivity contribution in [2.75, 3.05) is 23.3 Å². The number of nitrogens with one attached hydrogen (secondary N) is 1. The summed E-state index contributed by atoms with van der Waals surface area (Å²) in [6, 6.07) is 11.8. The Morgan fingerprint density at radius 2 is 1.85 bits per heavy atom. The van der Waals surface area contributed by atoms with E-state index in [1.807, 2.05) is 6.92 Å². The highest BCUT2D eigenvalue weighted by Crippen LogP contribution is 2.34. The smallest absolute Gasteiger partial charge is 0.261 e. The molecular weight excluding hydrogens is 364 g/mol. The van der Waals surface area contributed by atoms with Crippen LogP contribution in [0.5, 0.6) is 5.75 Å². The number of carbonyl (C=O) groups excluding carboxylic acids is 1. The van der Waals surface area contributed by atoms with Crippen LogP contribution < -0.4 is 14.4 Å². The van der Waals surface area contributed by atoms with E-state index >= 15 is 0 Å². The van der Waals surface area contributed by atoms with E-state index in [1.165, 1.54) is 7.11 Å². The number of methoxy groups -OCH3 is 1. The van der Waals surface area contributed by atoms with Crippen molar-refractivity contribution in [3.8, 4) is 5.75 Å². The predicted octanol–water partition coefficient (Wildman–Crippen LogP) is 3.58. The Labute approximate surface area is 160 Å². The number of piperidine rings is 1. The van der Waals surface area contributed by atoms with E-state index in [2.05, 4.69) is 4.72 Å². The van der Waals surface area contributed by atoms with Gasteiger partial charge in [-0.05, 0) is 55.2 Å². The Balaban J connectivity index is 1.90. The number of rotatable bonds is 6. The lowest BCUT2D eigenvalue weighted by Crippen LogP contribution is -2.35. The van der Waals surface area contributed by atoms with Gasteiger partial charge in [-0.3, -0.25) is 9.52 Å².